The molecule has 0 atom stereocenters. The largest absolute Gasteiger partial charge is 0.359 e. The Labute approximate surface area is 141 Å². The molecule has 122 valence electrons. The molecule has 2 N–H and O–H groups in total. The maximum atomic E-state index is 11.1. The second kappa shape index (κ2) is 7.13. The summed E-state index contributed by atoms with van der Waals surface area (Å²) < 4.78 is 0. The molecule has 2 aromatic rings. The lowest BCUT2D eigenvalue weighted by atomic mass is 9.96. The molecule has 1 aliphatic carbocycles. The van der Waals surface area contributed by atoms with Gasteiger partial charge in [0.15, 0.2) is 5.13 Å². The molecule has 0 saturated heterocycles. The maximum absolute atomic E-state index is 11.1. The molecule has 0 bridgehead atoms. The van der Waals surface area contributed by atoms with Gasteiger partial charge in [0, 0.05) is 29.1 Å². The number of hydrogen-bond donors (Lipinski definition) is 2. The summed E-state index contributed by atoms with van der Waals surface area (Å²) in [5.74, 6) is -0.0541. The fraction of sp³-hybridized carbons (Fsp3) is 0.444. The topological polar surface area (TPSA) is 54.0 Å². The first-order valence-electron chi connectivity index (χ1n) is 8.24. The highest BCUT2D eigenvalue weighted by Gasteiger charge is 2.16. The minimum atomic E-state index is -0.0541. The molecular formula is C18H23N3OS. The second-order valence-corrected chi connectivity index (χ2v) is 7.36. The molecule has 23 heavy (non-hydrogen) atoms. The Morgan fingerprint density at radius 1 is 1.17 bits per heavy atom. The van der Waals surface area contributed by atoms with Crippen molar-refractivity contribution in [2.24, 2.45) is 0 Å². The van der Waals surface area contributed by atoms with Crippen LogP contribution in [-0.2, 0) is 4.79 Å². The zero-order valence-electron chi connectivity index (χ0n) is 13.7. The van der Waals surface area contributed by atoms with Crippen molar-refractivity contribution in [3.63, 3.8) is 0 Å². The average Bonchev–Trinajstić information content (AvgIpc) is 2.89. The first-order valence-corrected chi connectivity index (χ1v) is 9.05. The Morgan fingerprint density at radius 2 is 1.87 bits per heavy atom. The minimum Gasteiger partial charge on any atom is -0.359 e. The first-order chi connectivity index (χ1) is 11.1. The Kier molecular flexibility index (Phi) is 4.96. The molecule has 1 aliphatic rings. The fourth-order valence-corrected chi connectivity index (χ4v) is 3.97. The van der Waals surface area contributed by atoms with Crippen LogP contribution in [-0.4, -0.2) is 16.9 Å². The summed E-state index contributed by atoms with van der Waals surface area (Å²) in [5, 5.41) is 7.41. The third-order valence-corrected chi connectivity index (χ3v) is 5.11. The normalized spacial score (nSPS) is 15.4. The molecule has 1 saturated carbocycles. The van der Waals surface area contributed by atoms with Gasteiger partial charge in [0.1, 0.15) is 0 Å². The van der Waals surface area contributed by atoms with Crippen LogP contribution in [0.3, 0.4) is 0 Å². The van der Waals surface area contributed by atoms with Gasteiger partial charge >= 0.3 is 0 Å². The zero-order chi connectivity index (χ0) is 16.2. The van der Waals surface area contributed by atoms with E-state index in [1.807, 2.05) is 24.3 Å². The van der Waals surface area contributed by atoms with Crippen molar-refractivity contribution in [2.45, 2.75) is 52.0 Å². The summed E-state index contributed by atoms with van der Waals surface area (Å²) in [4.78, 5) is 17.1. The number of nitrogens with zero attached hydrogens (tertiary/aromatic N) is 1. The second-order valence-electron chi connectivity index (χ2n) is 6.16. The van der Waals surface area contributed by atoms with Crippen molar-refractivity contribution < 1.29 is 4.79 Å². The van der Waals surface area contributed by atoms with E-state index < -0.39 is 0 Å². The minimum absolute atomic E-state index is 0.0541. The summed E-state index contributed by atoms with van der Waals surface area (Å²) in [6.45, 7) is 3.63. The van der Waals surface area contributed by atoms with E-state index in [4.69, 9.17) is 4.98 Å². The molecule has 1 amide bonds. The van der Waals surface area contributed by atoms with Gasteiger partial charge in [-0.15, -0.1) is 11.3 Å². The molecule has 0 unspecified atom stereocenters. The Bertz CT molecular complexity index is 672. The number of thiazole rings is 1. The van der Waals surface area contributed by atoms with Crippen LogP contribution in [0.5, 0.6) is 0 Å². The van der Waals surface area contributed by atoms with E-state index in [9.17, 15) is 4.79 Å². The Balaban J connectivity index is 1.73. The summed E-state index contributed by atoms with van der Waals surface area (Å²) in [5.41, 5.74) is 2.93. The zero-order valence-corrected chi connectivity index (χ0v) is 14.5. The van der Waals surface area contributed by atoms with Gasteiger partial charge in [-0.1, -0.05) is 31.4 Å². The highest BCUT2D eigenvalue weighted by molar-refractivity contribution is 7.16. The number of carbonyl (C=O) groups excluding carboxylic acids is 1. The molecule has 3 rings (SSSR count). The highest BCUT2D eigenvalue weighted by atomic mass is 32.1. The lowest BCUT2D eigenvalue weighted by Gasteiger charge is -2.22. The molecule has 1 aromatic heterocycles. The molecule has 0 spiro atoms. The van der Waals surface area contributed by atoms with E-state index in [2.05, 4.69) is 17.6 Å². The van der Waals surface area contributed by atoms with Crippen molar-refractivity contribution in [3.8, 4) is 11.3 Å². The van der Waals surface area contributed by atoms with Crippen LogP contribution < -0.4 is 10.6 Å². The monoisotopic (exact) mass is 329 g/mol. The SMILES string of the molecule is CC(=O)Nc1ccc(-c2nc(NC3CCCCC3)sc2C)cc1. The standard InChI is InChI=1S/C18H23N3OS/c1-12-17(14-8-10-16(11-9-14)19-13(2)22)21-18(23-12)20-15-6-4-3-5-7-15/h8-11,15H,3-7H2,1-2H3,(H,19,22)(H,20,21). The number of aromatic nitrogens is 1. The Hall–Kier alpha value is -1.88. The van der Waals surface area contributed by atoms with Crippen molar-refractivity contribution >= 4 is 28.1 Å². The first kappa shape index (κ1) is 16.0. The molecule has 4 nitrogen and oxygen atoms in total. The molecule has 1 fully saturated rings. The van der Waals surface area contributed by atoms with Crippen LogP contribution in [0.1, 0.15) is 43.9 Å². The lowest BCUT2D eigenvalue weighted by molar-refractivity contribution is -0.114. The van der Waals surface area contributed by atoms with Crippen LogP contribution in [0.2, 0.25) is 0 Å². The number of anilines is 2. The van der Waals surface area contributed by atoms with Crippen molar-refractivity contribution in [2.75, 3.05) is 10.6 Å². The van der Waals surface area contributed by atoms with Crippen molar-refractivity contribution in [1.29, 1.82) is 0 Å². The summed E-state index contributed by atoms with van der Waals surface area (Å²) in [6, 6.07) is 8.44. The Morgan fingerprint density at radius 3 is 2.52 bits per heavy atom. The van der Waals surface area contributed by atoms with Gasteiger partial charge in [-0.3, -0.25) is 4.79 Å². The van der Waals surface area contributed by atoms with Crippen molar-refractivity contribution in [3.05, 3.63) is 29.1 Å². The summed E-state index contributed by atoms with van der Waals surface area (Å²) in [6.07, 6.45) is 6.50. The third-order valence-electron chi connectivity index (χ3n) is 4.21. The molecule has 0 aliphatic heterocycles. The molecule has 5 heteroatoms. The smallest absolute Gasteiger partial charge is 0.221 e. The molecule has 1 aromatic carbocycles. The van der Waals surface area contributed by atoms with Crippen LogP contribution in [0.4, 0.5) is 10.8 Å². The van der Waals surface area contributed by atoms with Gasteiger partial charge in [0.2, 0.25) is 5.91 Å². The number of benzene rings is 1. The van der Waals surface area contributed by atoms with E-state index >= 15 is 0 Å². The number of aryl methyl sites for hydroxylation is 1. The van der Waals surface area contributed by atoms with Gasteiger partial charge in [-0.25, -0.2) is 4.98 Å². The lowest BCUT2D eigenvalue weighted by Crippen LogP contribution is -2.21. The number of carbonyl (C=O) groups is 1. The van der Waals surface area contributed by atoms with Crippen LogP contribution in [0, 0.1) is 6.92 Å². The van der Waals surface area contributed by atoms with E-state index in [1.165, 1.54) is 43.9 Å². The predicted octanol–water partition coefficient (Wildman–Crippen LogP) is 4.82. The van der Waals surface area contributed by atoms with Gasteiger partial charge in [-0.2, -0.15) is 0 Å². The quantitative estimate of drug-likeness (QED) is 0.845. The van der Waals surface area contributed by atoms with Crippen LogP contribution >= 0.6 is 11.3 Å². The van der Waals surface area contributed by atoms with Crippen LogP contribution in [0.15, 0.2) is 24.3 Å². The third kappa shape index (κ3) is 4.10. The van der Waals surface area contributed by atoms with Gasteiger partial charge < -0.3 is 10.6 Å². The summed E-state index contributed by atoms with van der Waals surface area (Å²) in [7, 11) is 0. The molecular weight excluding hydrogens is 306 g/mol. The van der Waals surface area contributed by atoms with Gasteiger partial charge in [0.05, 0.1) is 5.69 Å². The van der Waals surface area contributed by atoms with E-state index in [0.717, 1.165) is 22.1 Å². The number of amides is 1. The van der Waals surface area contributed by atoms with E-state index in [-0.39, 0.29) is 5.91 Å². The van der Waals surface area contributed by atoms with Gasteiger partial charge in [-0.05, 0) is 31.9 Å². The average molecular weight is 329 g/mol. The molecule has 1 heterocycles. The van der Waals surface area contributed by atoms with Gasteiger partial charge in [0.25, 0.3) is 0 Å². The van der Waals surface area contributed by atoms with E-state index in [1.54, 1.807) is 11.3 Å². The number of nitrogens with one attached hydrogen (secondary N) is 2. The molecule has 0 radical (unpaired) electrons. The maximum Gasteiger partial charge on any atom is 0.221 e. The highest BCUT2D eigenvalue weighted by Crippen LogP contribution is 2.32. The number of hydrogen-bond acceptors (Lipinski definition) is 4. The predicted molar refractivity (Wildman–Crippen MR) is 97.1 cm³/mol. The van der Waals surface area contributed by atoms with Crippen LogP contribution in [0.25, 0.3) is 11.3 Å². The number of rotatable bonds is 4. The van der Waals surface area contributed by atoms with Crippen molar-refractivity contribution in [1.82, 2.24) is 4.98 Å². The summed E-state index contributed by atoms with van der Waals surface area (Å²) >= 11 is 1.73. The van der Waals surface area contributed by atoms with E-state index in [0.29, 0.717) is 6.04 Å². The fourth-order valence-electron chi connectivity index (χ4n) is 3.06.